The highest BCUT2D eigenvalue weighted by Gasteiger charge is 2.52. The van der Waals surface area contributed by atoms with Crippen LogP contribution in [0.2, 0.25) is 0 Å². The Morgan fingerprint density at radius 3 is 1.04 bits per heavy atom. The van der Waals surface area contributed by atoms with Crippen molar-refractivity contribution in [1.29, 1.82) is 0 Å². The molecule has 17 aromatic carbocycles. The summed E-state index contributed by atoms with van der Waals surface area (Å²) in [5.41, 5.74) is 42.9. The topological polar surface area (TPSA) is 16.3 Å². The fraction of sp³-hybridized carbons (Fsp3) is 0.184. The number of benzene rings is 17. The van der Waals surface area contributed by atoms with Crippen LogP contribution in [0.5, 0.6) is 0 Å². The van der Waals surface area contributed by atoms with Gasteiger partial charge in [-0.3, -0.25) is 0 Å². The molecule has 0 N–H and O–H groups in total. The maximum absolute atomic E-state index is 2.77. The molecule has 0 saturated heterocycles. The lowest BCUT2D eigenvalue weighted by Gasteiger charge is -2.46. The van der Waals surface area contributed by atoms with Crippen molar-refractivity contribution >= 4 is 101 Å². The second-order valence-electron chi connectivity index (χ2n) is 42.4. The zero-order chi connectivity index (χ0) is 89.2. The summed E-state index contributed by atoms with van der Waals surface area (Å²) in [6, 6.07) is 144. The van der Waals surface area contributed by atoms with Crippen molar-refractivity contribution in [3.05, 3.63) is 448 Å². The minimum Gasteiger partial charge on any atom is -0.311 e. The van der Waals surface area contributed by atoms with Crippen molar-refractivity contribution in [2.75, 3.05) is 9.80 Å². The molecule has 0 amide bonds. The molecule has 0 saturated carbocycles. The Kier molecular flexibility index (Phi) is 18.0. The zero-order valence-electron chi connectivity index (χ0n) is 77.6. The van der Waals surface area contributed by atoms with Crippen molar-refractivity contribution in [1.82, 2.24) is 9.13 Å². The van der Waals surface area contributed by atoms with Gasteiger partial charge in [0.05, 0.1) is 44.3 Å². The lowest BCUT2D eigenvalue weighted by atomic mass is 9.33. The van der Waals surface area contributed by atoms with E-state index in [1.165, 1.54) is 177 Å². The molecule has 0 spiro atoms. The molecule has 632 valence electrons. The van der Waals surface area contributed by atoms with E-state index in [0.717, 1.165) is 50.5 Å². The quantitative estimate of drug-likeness (QED) is 0.127. The van der Waals surface area contributed by atoms with E-state index in [1.807, 2.05) is 0 Å². The van der Waals surface area contributed by atoms with E-state index >= 15 is 0 Å². The Labute approximate surface area is 767 Å². The molecule has 5 heteroatoms. The van der Waals surface area contributed by atoms with Crippen LogP contribution in [0.25, 0.3) is 99.5 Å². The molecule has 2 aliphatic heterocycles. The third-order valence-electron chi connectivity index (χ3n) is 29.5. The van der Waals surface area contributed by atoms with Gasteiger partial charge in [-0.05, 0) is 241 Å². The largest absolute Gasteiger partial charge is 0.311 e. The molecule has 0 radical (unpaired) electrons. The molecule has 0 bridgehead atoms. The summed E-state index contributed by atoms with van der Waals surface area (Å²) in [6.07, 6.45) is 0. The van der Waals surface area contributed by atoms with Gasteiger partial charge < -0.3 is 18.9 Å². The molecule has 4 heterocycles. The van der Waals surface area contributed by atoms with Gasteiger partial charge in [0.2, 0.25) is 0 Å². The Balaban J connectivity index is 0.847. The van der Waals surface area contributed by atoms with Gasteiger partial charge in [-0.1, -0.05) is 395 Å². The van der Waals surface area contributed by atoms with Crippen LogP contribution >= 0.6 is 0 Å². The number of fused-ring (bicyclic) bond motifs is 18. The van der Waals surface area contributed by atoms with E-state index in [4.69, 9.17) is 0 Å². The minimum atomic E-state index is -0.654. The highest BCUT2D eigenvalue weighted by atomic mass is 15.2. The molecule has 19 aromatic rings. The maximum atomic E-state index is 2.77. The van der Waals surface area contributed by atoms with Crippen LogP contribution in [-0.4, -0.2) is 15.8 Å². The maximum Gasteiger partial charge on any atom is 0.252 e. The Morgan fingerprint density at radius 2 is 0.608 bits per heavy atom. The van der Waals surface area contributed by atoms with E-state index in [0.29, 0.717) is 0 Å². The molecule has 4 aliphatic rings. The molecule has 4 nitrogen and oxygen atoms in total. The van der Waals surface area contributed by atoms with Crippen LogP contribution < -0.4 is 26.2 Å². The lowest BCUT2D eigenvalue weighted by Crippen LogP contribution is -2.61. The molecule has 0 fully saturated rings. The predicted octanol–water partition coefficient (Wildman–Crippen LogP) is 30.8. The molecule has 0 atom stereocenters. The fourth-order valence-corrected chi connectivity index (χ4v) is 23.2. The third kappa shape index (κ3) is 12.0. The summed E-state index contributed by atoms with van der Waals surface area (Å²) < 4.78 is 5.23. The minimum absolute atomic E-state index is 0.0569. The van der Waals surface area contributed by atoms with Gasteiger partial charge in [0.25, 0.3) is 6.71 Å². The standard InChI is InChI=1S/C125H109BN4/c1-78-71-88(122(11,12)13)73-99(80-55-59-82(60-56-80)120(5,6)7)118(78)130-110-77-91(128-105-52-36-32-48-97(105)114-108(128)70-65-95-93-46-30-34-50-101(93)125(116(95)114,85-41-25-19-26-42-85)86-43-27-20-28-44-86)63-67-103(110)126-102-66-62-90(76-109(102)129(111-74-89(123(14,15)16)75-112(130)117(111)126)106-68-61-87(121(8,9)10)72-98(106)79-53-57-81(58-54-79)119(2,3)4)127-104-51-35-31-47-96(104)113-107(127)69-64-94-92-45-29-33-49-100(92)124(115(94)113,83-37-21-17-22-38-83)84-39-23-18-24-40-84/h17-77H,1-16H3. The average Bonchev–Trinajstić information content (AvgIpc) is 1.60. The number of aryl methyl sites for hydroxylation is 1. The third-order valence-corrected chi connectivity index (χ3v) is 29.5. The summed E-state index contributed by atoms with van der Waals surface area (Å²) in [5, 5.41) is 4.95. The number of anilines is 6. The first-order chi connectivity index (χ1) is 62.6. The van der Waals surface area contributed by atoms with Crippen molar-refractivity contribution in [2.24, 2.45) is 0 Å². The van der Waals surface area contributed by atoms with Crippen molar-refractivity contribution in [3.8, 4) is 55.9 Å². The molecule has 0 unspecified atom stereocenters. The first kappa shape index (κ1) is 80.6. The van der Waals surface area contributed by atoms with E-state index in [9.17, 15) is 0 Å². The second-order valence-corrected chi connectivity index (χ2v) is 42.4. The number of hydrogen-bond acceptors (Lipinski definition) is 2. The number of nitrogens with zero attached hydrogens (tertiary/aromatic N) is 4. The zero-order valence-corrected chi connectivity index (χ0v) is 77.6. The Hall–Kier alpha value is -14.0. The van der Waals surface area contributed by atoms with Crippen LogP contribution in [-0.2, 0) is 37.9 Å². The summed E-state index contributed by atoms with van der Waals surface area (Å²) in [7, 11) is 0. The van der Waals surface area contributed by atoms with Gasteiger partial charge in [0.15, 0.2) is 0 Å². The van der Waals surface area contributed by atoms with Crippen LogP contribution in [0.3, 0.4) is 0 Å². The molecule has 130 heavy (non-hydrogen) atoms. The number of hydrogen-bond donors (Lipinski definition) is 0. The van der Waals surface area contributed by atoms with Gasteiger partial charge >= 0.3 is 0 Å². The number of para-hydroxylation sites is 2. The SMILES string of the molecule is Cc1cc(C(C)(C)C)cc(-c2ccc(C(C)(C)C)cc2)c1N1c2cc(-n3c4ccccc4c4c5c(ccc43)-c3ccccc3C5(c3ccccc3)c3ccccc3)ccc2B2c3ccc(-n4c5ccccc5c5c6c(ccc54)-c4ccccc4C6(c4ccccc4)c4ccccc4)cc3N(c3ccc(C(C)(C)C)cc3-c3ccc(C(C)(C)C)cc3)c3cc(C(C)(C)C)cc1c32. The average molecular weight is 1680 g/mol. The van der Waals surface area contributed by atoms with Crippen molar-refractivity contribution in [2.45, 2.75) is 149 Å². The van der Waals surface area contributed by atoms with Crippen LogP contribution in [0.15, 0.2) is 370 Å². The monoisotopic (exact) mass is 1680 g/mol. The van der Waals surface area contributed by atoms with E-state index < -0.39 is 10.8 Å². The van der Waals surface area contributed by atoms with Crippen molar-refractivity contribution in [3.63, 3.8) is 0 Å². The van der Waals surface area contributed by atoms with Gasteiger partial charge in [0, 0.05) is 66.8 Å². The van der Waals surface area contributed by atoms with Crippen LogP contribution in [0, 0.1) is 6.92 Å². The highest BCUT2D eigenvalue weighted by Crippen LogP contribution is 2.63. The molecule has 23 rings (SSSR count). The van der Waals surface area contributed by atoms with E-state index in [2.05, 4.69) is 500 Å². The van der Waals surface area contributed by atoms with Crippen LogP contribution in [0.1, 0.15) is 182 Å². The predicted molar refractivity (Wildman–Crippen MR) is 553 cm³/mol. The molecule has 2 aromatic heterocycles. The fourth-order valence-electron chi connectivity index (χ4n) is 23.2. The first-order valence-corrected chi connectivity index (χ1v) is 46.7. The lowest BCUT2D eigenvalue weighted by molar-refractivity contribution is 0.589. The van der Waals surface area contributed by atoms with Gasteiger partial charge in [-0.2, -0.15) is 0 Å². The molecular weight excluding hydrogens is 1570 g/mol. The first-order valence-electron chi connectivity index (χ1n) is 46.7. The normalized spacial score (nSPS) is 14.2. The second kappa shape index (κ2) is 29.0. The number of rotatable bonds is 10. The highest BCUT2D eigenvalue weighted by molar-refractivity contribution is 7.00. The van der Waals surface area contributed by atoms with Gasteiger partial charge in [0.1, 0.15) is 0 Å². The summed E-state index contributed by atoms with van der Waals surface area (Å²) in [6.45, 7) is 37.6. The Bertz CT molecular complexity index is 7760. The molecular formula is C125H109BN4. The smallest absolute Gasteiger partial charge is 0.252 e. The van der Waals surface area contributed by atoms with Gasteiger partial charge in [-0.25, -0.2) is 0 Å². The van der Waals surface area contributed by atoms with Gasteiger partial charge in [-0.15, -0.1) is 0 Å². The van der Waals surface area contributed by atoms with E-state index in [-0.39, 0.29) is 33.8 Å². The molecule has 2 aliphatic carbocycles. The summed E-state index contributed by atoms with van der Waals surface area (Å²) in [5.74, 6) is 0. The van der Waals surface area contributed by atoms with Crippen LogP contribution in [0.4, 0.5) is 34.1 Å². The summed E-state index contributed by atoms with van der Waals surface area (Å²) >= 11 is 0. The Morgan fingerprint density at radius 1 is 0.246 bits per heavy atom. The number of aromatic nitrogens is 2. The van der Waals surface area contributed by atoms with E-state index in [1.54, 1.807) is 0 Å². The van der Waals surface area contributed by atoms with Crippen molar-refractivity contribution < 1.29 is 0 Å². The summed E-state index contributed by atoms with van der Waals surface area (Å²) in [4.78, 5) is 5.50.